The Kier molecular flexibility index (Phi) is 8.50. The van der Waals surface area contributed by atoms with Crippen LogP contribution in [0.4, 0.5) is 5.82 Å². The van der Waals surface area contributed by atoms with Crippen molar-refractivity contribution >= 4 is 55.6 Å². The summed E-state index contributed by atoms with van der Waals surface area (Å²) >= 11 is 6.95. The molecule has 1 atom stereocenters. The van der Waals surface area contributed by atoms with E-state index in [4.69, 9.17) is 21.1 Å². The number of nitrogens with one attached hydrogen (secondary N) is 3. The lowest BCUT2D eigenvalue weighted by Crippen LogP contribution is -2.51. The summed E-state index contributed by atoms with van der Waals surface area (Å²) < 4.78 is 41.7. The molecule has 4 aromatic rings. The van der Waals surface area contributed by atoms with Gasteiger partial charge in [0, 0.05) is 20.2 Å². The molecule has 1 aliphatic heterocycles. The predicted octanol–water partition coefficient (Wildman–Crippen LogP) is 3.35. The number of thiophene rings is 1. The van der Waals surface area contributed by atoms with Gasteiger partial charge in [0.2, 0.25) is 5.91 Å². The van der Waals surface area contributed by atoms with Gasteiger partial charge in [-0.1, -0.05) is 48.0 Å². The summed E-state index contributed by atoms with van der Waals surface area (Å²) in [5.41, 5.74) is 3.50. The minimum Gasteiger partial charge on any atom is -0.380 e. The number of rotatable bonds is 10. The van der Waals surface area contributed by atoms with E-state index in [1.54, 1.807) is 17.9 Å². The number of ether oxygens (including phenoxy) is 2. The molecule has 206 valence electrons. The molecule has 0 radical (unpaired) electrons. The first-order valence-electron chi connectivity index (χ1n) is 12.3. The molecule has 3 N–H and O–H groups in total. The fourth-order valence-electron chi connectivity index (χ4n) is 4.37. The molecule has 0 bridgehead atoms. The number of benzene rings is 2. The molecule has 39 heavy (non-hydrogen) atoms. The smallest absolute Gasteiger partial charge is 0.272 e. The zero-order chi connectivity index (χ0) is 27.4. The molecule has 2 aromatic heterocycles. The number of carbonyl (C=O) groups excluding carboxylic acids is 1. The van der Waals surface area contributed by atoms with Crippen LogP contribution in [-0.2, 0) is 44.0 Å². The van der Waals surface area contributed by atoms with Gasteiger partial charge in [0.15, 0.2) is 5.82 Å². The Balaban J connectivity index is 1.36. The standard InChI is InChI=1S/C26H28ClN5O5S2/c1-36-15-19-3-2-4-21-24(19)25(31-39(34,35)23-10-9-22(27)38-23)30-32(21)14-18-7-5-17(6-8-18)13-29-26(33)20-16-37-12-11-28-20/h2-10,20,28H,11-16H2,1H3,(H,29,33)(H,30,31). The van der Waals surface area contributed by atoms with Gasteiger partial charge in [-0.2, -0.15) is 5.10 Å². The number of nitrogens with zero attached hydrogens (tertiary/aromatic N) is 2. The SMILES string of the molecule is COCc1cccc2c1c(NS(=O)(=O)c1ccc(Cl)s1)nn2Cc1ccc(CNC(=O)C2COCCN2)cc1. The van der Waals surface area contributed by atoms with E-state index in [1.807, 2.05) is 42.5 Å². The van der Waals surface area contributed by atoms with Gasteiger partial charge in [-0.3, -0.25) is 14.2 Å². The average molecular weight is 590 g/mol. The molecule has 1 amide bonds. The molecule has 2 aromatic carbocycles. The maximum absolute atomic E-state index is 13.1. The molecule has 1 fully saturated rings. The van der Waals surface area contributed by atoms with Crippen molar-refractivity contribution in [3.8, 4) is 0 Å². The molecular weight excluding hydrogens is 562 g/mol. The highest BCUT2D eigenvalue weighted by molar-refractivity contribution is 7.94. The molecule has 1 aliphatic rings. The largest absolute Gasteiger partial charge is 0.380 e. The summed E-state index contributed by atoms with van der Waals surface area (Å²) in [7, 11) is -2.29. The van der Waals surface area contributed by atoms with Crippen molar-refractivity contribution in [1.29, 1.82) is 0 Å². The molecular formula is C26H28ClN5O5S2. The van der Waals surface area contributed by atoms with Gasteiger partial charge in [0.1, 0.15) is 10.3 Å². The van der Waals surface area contributed by atoms with Gasteiger partial charge >= 0.3 is 0 Å². The number of hydrogen-bond donors (Lipinski definition) is 3. The van der Waals surface area contributed by atoms with Crippen molar-refractivity contribution in [3.63, 3.8) is 0 Å². The third-order valence-electron chi connectivity index (χ3n) is 6.27. The molecule has 1 unspecified atom stereocenters. The zero-order valence-corrected chi connectivity index (χ0v) is 23.5. The summed E-state index contributed by atoms with van der Waals surface area (Å²) in [6.45, 7) is 2.75. The van der Waals surface area contributed by atoms with Crippen molar-refractivity contribution < 1.29 is 22.7 Å². The van der Waals surface area contributed by atoms with Crippen LogP contribution in [0.2, 0.25) is 4.34 Å². The third-order valence-corrected chi connectivity index (χ3v) is 9.33. The van der Waals surface area contributed by atoms with Crippen molar-refractivity contribution in [2.45, 2.75) is 29.9 Å². The maximum atomic E-state index is 13.1. The normalized spacial score (nSPS) is 15.9. The van der Waals surface area contributed by atoms with E-state index in [0.29, 0.717) is 49.2 Å². The van der Waals surface area contributed by atoms with Crippen LogP contribution in [0.3, 0.4) is 0 Å². The van der Waals surface area contributed by atoms with E-state index in [-0.39, 0.29) is 22.0 Å². The Bertz CT molecular complexity index is 1560. The van der Waals surface area contributed by atoms with Crippen LogP contribution in [0, 0.1) is 0 Å². The van der Waals surface area contributed by atoms with E-state index in [9.17, 15) is 13.2 Å². The van der Waals surface area contributed by atoms with E-state index >= 15 is 0 Å². The van der Waals surface area contributed by atoms with E-state index in [2.05, 4.69) is 20.5 Å². The molecule has 0 saturated carbocycles. The lowest BCUT2D eigenvalue weighted by molar-refractivity contribution is -0.126. The molecule has 1 saturated heterocycles. The minimum absolute atomic E-state index is 0.0894. The van der Waals surface area contributed by atoms with Crippen LogP contribution in [0.25, 0.3) is 10.9 Å². The topological polar surface area (TPSA) is 124 Å². The zero-order valence-electron chi connectivity index (χ0n) is 21.1. The quantitative estimate of drug-likeness (QED) is 0.259. The summed E-state index contributed by atoms with van der Waals surface area (Å²) in [5, 5.41) is 11.4. The summed E-state index contributed by atoms with van der Waals surface area (Å²) in [4.78, 5) is 12.3. The number of halogens is 1. The molecule has 13 heteroatoms. The number of morpholine rings is 1. The first-order valence-corrected chi connectivity index (χ1v) is 14.9. The second-order valence-electron chi connectivity index (χ2n) is 9.03. The maximum Gasteiger partial charge on any atom is 0.272 e. The second-order valence-corrected chi connectivity index (χ2v) is 12.7. The Morgan fingerprint density at radius 2 is 2.00 bits per heavy atom. The second kappa shape index (κ2) is 12.0. The Morgan fingerprint density at radius 3 is 2.69 bits per heavy atom. The van der Waals surface area contributed by atoms with Gasteiger partial charge < -0.3 is 20.1 Å². The number of sulfonamides is 1. The van der Waals surface area contributed by atoms with Gasteiger partial charge in [-0.15, -0.1) is 11.3 Å². The highest BCUT2D eigenvalue weighted by atomic mass is 35.5. The van der Waals surface area contributed by atoms with Crippen molar-refractivity contribution in [3.05, 3.63) is 75.6 Å². The summed E-state index contributed by atoms with van der Waals surface area (Å²) in [5.74, 6) is 0.134. The van der Waals surface area contributed by atoms with Gasteiger partial charge in [-0.05, 0) is 34.9 Å². The van der Waals surface area contributed by atoms with Crippen molar-refractivity contribution in [1.82, 2.24) is 20.4 Å². The van der Waals surface area contributed by atoms with E-state index in [1.165, 1.54) is 6.07 Å². The molecule has 0 spiro atoms. The Hall–Kier alpha value is -3.00. The van der Waals surface area contributed by atoms with Crippen LogP contribution >= 0.6 is 22.9 Å². The molecule has 0 aliphatic carbocycles. The van der Waals surface area contributed by atoms with Gasteiger partial charge in [0.25, 0.3) is 10.0 Å². The Morgan fingerprint density at radius 1 is 1.21 bits per heavy atom. The molecule has 5 rings (SSSR count). The first kappa shape index (κ1) is 27.6. The summed E-state index contributed by atoms with van der Waals surface area (Å²) in [6.07, 6.45) is 0. The highest BCUT2D eigenvalue weighted by Gasteiger charge is 2.23. The highest BCUT2D eigenvalue weighted by Crippen LogP contribution is 2.32. The number of hydrogen-bond acceptors (Lipinski definition) is 8. The average Bonchev–Trinajstić information content (AvgIpc) is 3.53. The lowest BCUT2D eigenvalue weighted by Gasteiger charge is -2.22. The van der Waals surface area contributed by atoms with E-state index < -0.39 is 10.0 Å². The number of fused-ring (bicyclic) bond motifs is 1. The number of anilines is 1. The van der Waals surface area contributed by atoms with Gasteiger partial charge in [0.05, 0.1) is 41.6 Å². The number of aromatic nitrogens is 2. The fourth-order valence-corrected chi connectivity index (χ4v) is 6.86. The Labute approximate surface area is 235 Å². The van der Waals surface area contributed by atoms with Crippen molar-refractivity contribution in [2.24, 2.45) is 0 Å². The van der Waals surface area contributed by atoms with E-state index in [0.717, 1.165) is 33.5 Å². The fraction of sp³-hybridized carbons (Fsp3) is 0.308. The monoisotopic (exact) mass is 589 g/mol. The lowest BCUT2D eigenvalue weighted by atomic mass is 10.1. The van der Waals surface area contributed by atoms with Crippen LogP contribution < -0.4 is 15.4 Å². The number of carbonyl (C=O) groups is 1. The van der Waals surface area contributed by atoms with Crippen molar-refractivity contribution in [2.75, 3.05) is 31.6 Å². The summed E-state index contributed by atoms with van der Waals surface area (Å²) in [6, 6.07) is 16.2. The van der Waals surface area contributed by atoms with Crippen LogP contribution in [-0.4, -0.2) is 57.0 Å². The first-order chi connectivity index (χ1) is 18.8. The molecule has 10 nitrogen and oxygen atoms in total. The van der Waals surface area contributed by atoms with Gasteiger partial charge in [-0.25, -0.2) is 8.42 Å². The van der Waals surface area contributed by atoms with Crippen LogP contribution in [0.15, 0.2) is 58.8 Å². The predicted molar refractivity (Wildman–Crippen MR) is 151 cm³/mol. The third kappa shape index (κ3) is 6.43. The van der Waals surface area contributed by atoms with Crippen LogP contribution in [0.5, 0.6) is 0 Å². The minimum atomic E-state index is -3.88. The van der Waals surface area contributed by atoms with Crippen LogP contribution in [0.1, 0.15) is 16.7 Å². The molecule has 3 heterocycles. The number of methoxy groups -OCH3 is 1. The number of amides is 1.